The number of carbonyl (C=O) groups excluding carboxylic acids is 2. The van der Waals surface area contributed by atoms with Crippen LogP contribution in [0.2, 0.25) is 0 Å². The summed E-state index contributed by atoms with van der Waals surface area (Å²) in [6.45, 7) is 4.13. The van der Waals surface area contributed by atoms with Gasteiger partial charge in [0.15, 0.2) is 0 Å². The van der Waals surface area contributed by atoms with Crippen LogP contribution in [0.3, 0.4) is 0 Å². The van der Waals surface area contributed by atoms with E-state index in [4.69, 9.17) is 4.74 Å². The van der Waals surface area contributed by atoms with E-state index < -0.39 is 18.1 Å². The molecule has 2 aromatic carbocycles. The minimum absolute atomic E-state index is 0.0150. The second-order valence-electron chi connectivity index (χ2n) is 10.1. The highest BCUT2D eigenvalue weighted by Gasteiger charge is 2.31. The van der Waals surface area contributed by atoms with E-state index in [-0.39, 0.29) is 42.7 Å². The van der Waals surface area contributed by atoms with E-state index in [0.717, 1.165) is 12.8 Å². The standard InChI is InChI=1S/C28H34N2O5/c1-17(2)13-25(27(32)33)30-26(31)15-18-11-12-19(14-18)29-28(34)35-16-24-22-9-5-3-7-20(22)21-8-4-6-10-23(21)24/h3-10,17-19,24-25H,11-16H2,1-2H3,(H,29,34)(H,30,31)(H,32,33)/t18-,19+,25+/m1/s1. The van der Waals surface area contributed by atoms with E-state index >= 15 is 0 Å². The Kier molecular flexibility index (Phi) is 7.73. The molecule has 0 heterocycles. The first kappa shape index (κ1) is 24.8. The Balaban J connectivity index is 1.24. The fourth-order valence-electron chi connectivity index (χ4n) is 5.41. The highest BCUT2D eigenvalue weighted by Crippen LogP contribution is 2.44. The van der Waals surface area contributed by atoms with Crippen LogP contribution in [0.5, 0.6) is 0 Å². The number of benzene rings is 2. The molecular formula is C28H34N2O5. The average Bonchev–Trinajstić information content (AvgIpc) is 3.38. The molecule has 2 aliphatic rings. The first-order chi connectivity index (χ1) is 16.8. The zero-order valence-corrected chi connectivity index (χ0v) is 20.3. The molecule has 0 saturated heterocycles. The maximum Gasteiger partial charge on any atom is 0.407 e. The quantitative estimate of drug-likeness (QED) is 0.485. The summed E-state index contributed by atoms with van der Waals surface area (Å²) >= 11 is 0. The van der Waals surface area contributed by atoms with Crippen LogP contribution in [0.15, 0.2) is 48.5 Å². The van der Waals surface area contributed by atoms with Gasteiger partial charge in [-0.3, -0.25) is 4.79 Å². The van der Waals surface area contributed by atoms with Crippen molar-refractivity contribution in [3.63, 3.8) is 0 Å². The molecule has 186 valence electrons. The van der Waals surface area contributed by atoms with Crippen LogP contribution in [0.1, 0.15) is 63.0 Å². The van der Waals surface area contributed by atoms with Crippen LogP contribution < -0.4 is 10.6 Å². The van der Waals surface area contributed by atoms with Gasteiger partial charge < -0.3 is 20.5 Å². The molecule has 2 amide bonds. The van der Waals surface area contributed by atoms with E-state index in [0.29, 0.717) is 12.8 Å². The maximum atomic E-state index is 12.6. The van der Waals surface area contributed by atoms with Gasteiger partial charge in [-0.2, -0.15) is 0 Å². The molecule has 7 heteroatoms. The summed E-state index contributed by atoms with van der Waals surface area (Å²) in [5.41, 5.74) is 4.72. The van der Waals surface area contributed by atoms with Crippen molar-refractivity contribution in [3.05, 3.63) is 59.7 Å². The predicted molar refractivity (Wildman–Crippen MR) is 133 cm³/mol. The number of carbonyl (C=O) groups is 3. The van der Waals surface area contributed by atoms with Gasteiger partial charge in [0.05, 0.1) is 0 Å². The van der Waals surface area contributed by atoms with Crippen molar-refractivity contribution < 1.29 is 24.2 Å². The third-order valence-corrected chi connectivity index (χ3v) is 7.02. The van der Waals surface area contributed by atoms with Gasteiger partial charge in [0.2, 0.25) is 5.91 Å². The fourth-order valence-corrected chi connectivity index (χ4v) is 5.41. The fraction of sp³-hybridized carbons (Fsp3) is 0.464. The first-order valence-corrected chi connectivity index (χ1v) is 12.5. The van der Waals surface area contributed by atoms with Gasteiger partial charge in [0.1, 0.15) is 12.6 Å². The molecule has 3 atom stereocenters. The largest absolute Gasteiger partial charge is 0.480 e. The summed E-state index contributed by atoms with van der Waals surface area (Å²) in [5, 5.41) is 14.9. The second-order valence-corrected chi connectivity index (χ2v) is 10.1. The Hall–Kier alpha value is -3.35. The number of fused-ring (bicyclic) bond motifs is 3. The number of hydrogen-bond donors (Lipinski definition) is 3. The van der Waals surface area contributed by atoms with Gasteiger partial charge in [-0.15, -0.1) is 0 Å². The van der Waals surface area contributed by atoms with Crippen LogP contribution in [-0.2, 0) is 14.3 Å². The molecule has 2 aromatic rings. The van der Waals surface area contributed by atoms with Gasteiger partial charge in [0.25, 0.3) is 0 Å². The van der Waals surface area contributed by atoms with E-state index in [1.54, 1.807) is 0 Å². The zero-order chi connectivity index (χ0) is 24.9. The normalized spacial score (nSPS) is 19.6. The van der Waals surface area contributed by atoms with Crippen molar-refractivity contribution >= 4 is 18.0 Å². The Morgan fingerprint density at radius 3 is 2.23 bits per heavy atom. The SMILES string of the molecule is CC(C)C[C@H](NC(=O)C[C@@H]1CC[C@H](NC(=O)OCC2c3ccccc3-c3ccccc32)C1)C(=O)O. The number of carboxylic acids is 1. The molecule has 3 N–H and O–H groups in total. The third-order valence-electron chi connectivity index (χ3n) is 7.02. The molecule has 35 heavy (non-hydrogen) atoms. The maximum absolute atomic E-state index is 12.6. The van der Waals surface area contributed by atoms with Gasteiger partial charge in [0, 0.05) is 18.4 Å². The Morgan fingerprint density at radius 2 is 1.63 bits per heavy atom. The van der Waals surface area contributed by atoms with Gasteiger partial charge in [-0.1, -0.05) is 62.4 Å². The van der Waals surface area contributed by atoms with Crippen molar-refractivity contribution in [2.45, 2.75) is 64.0 Å². The number of hydrogen-bond acceptors (Lipinski definition) is 4. The monoisotopic (exact) mass is 478 g/mol. The van der Waals surface area contributed by atoms with E-state index in [1.807, 2.05) is 38.1 Å². The molecule has 7 nitrogen and oxygen atoms in total. The smallest absolute Gasteiger partial charge is 0.407 e. The van der Waals surface area contributed by atoms with E-state index in [9.17, 15) is 19.5 Å². The minimum atomic E-state index is -1.01. The van der Waals surface area contributed by atoms with Crippen molar-refractivity contribution in [1.29, 1.82) is 0 Å². The van der Waals surface area contributed by atoms with Crippen molar-refractivity contribution in [3.8, 4) is 11.1 Å². The van der Waals surface area contributed by atoms with Crippen molar-refractivity contribution in [2.75, 3.05) is 6.61 Å². The number of aliphatic carboxylic acids is 1. The molecular weight excluding hydrogens is 444 g/mol. The highest BCUT2D eigenvalue weighted by molar-refractivity contribution is 5.83. The Labute approximate surface area is 206 Å². The summed E-state index contributed by atoms with van der Waals surface area (Å²) in [4.78, 5) is 36.3. The summed E-state index contributed by atoms with van der Waals surface area (Å²) in [5.74, 6) is -0.949. The lowest BCUT2D eigenvalue weighted by Gasteiger charge is -2.18. The van der Waals surface area contributed by atoms with Crippen LogP contribution >= 0.6 is 0 Å². The molecule has 4 rings (SSSR count). The van der Waals surface area contributed by atoms with Gasteiger partial charge in [-0.05, 0) is 59.8 Å². The molecule has 1 fully saturated rings. The lowest BCUT2D eigenvalue weighted by molar-refractivity contribution is -0.142. The van der Waals surface area contributed by atoms with Crippen LogP contribution in [-0.4, -0.2) is 41.8 Å². The lowest BCUT2D eigenvalue weighted by atomic mass is 9.98. The van der Waals surface area contributed by atoms with Crippen LogP contribution in [0.25, 0.3) is 11.1 Å². The van der Waals surface area contributed by atoms with E-state index in [1.165, 1.54) is 22.3 Å². The first-order valence-electron chi connectivity index (χ1n) is 12.5. The molecule has 2 aliphatic carbocycles. The summed E-state index contributed by atoms with van der Waals surface area (Å²) in [6.07, 6.45) is 2.49. The van der Waals surface area contributed by atoms with Gasteiger partial charge >= 0.3 is 12.1 Å². The molecule has 1 saturated carbocycles. The molecule has 0 aliphatic heterocycles. The Bertz CT molecular complexity index is 1040. The summed E-state index contributed by atoms with van der Waals surface area (Å²) in [7, 11) is 0. The summed E-state index contributed by atoms with van der Waals surface area (Å²) < 4.78 is 5.64. The van der Waals surface area contributed by atoms with Crippen LogP contribution in [0.4, 0.5) is 4.79 Å². The molecule has 0 bridgehead atoms. The number of rotatable bonds is 9. The van der Waals surface area contributed by atoms with E-state index in [2.05, 4.69) is 34.9 Å². The number of alkyl carbamates (subject to hydrolysis) is 1. The van der Waals surface area contributed by atoms with Crippen molar-refractivity contribution in [2.24, 2.45) is 11.8 Å². The van der Waals surface area contributed by atoms with Crippen molar-refractivity contribution in [1.82, 2.24) is 10.6 Å². The lowest BCUT2D eigenvalue weighted by Crippen LogP contribution is -2.42. The molecule has 0 aromatic heterocycles. The average molecular weight is 479 g/mol. The topological polar surface area (TPSA) is 105 Å². The number of carboxylic acid groups (broad SMARTS) is 1. The Morgan fingerprint density at radius 1 is 1.00 bits per heavy atom. The number of ether oxygens (including phenoxy) is 1. The predicted octanol–water partition coefficient (Wildman–Crippen LogP) is 4.70. The molecule has 0 unspecified atom stereocenters. The molecule has 0 radical (unpaired) electrons. The number of amides is 2. The third kappa shape index (κ3) is 6.02. The minimum Gasteiger partial charge on any atom is -0.480 e. The summed E-state index contributed by atoms with van der Waals surface area (Å²) in [6, 6.07) is 15.5. The zero-order valence-electron chi connectivity index (χ0n) is 20.3. The second kappa shape index (κ2) is 10.9. The highest BCUT2D eigenvalue weighted by atomic mass is 16.5. The van der Waals surface area contributed by atoms with Gasteiger partial charge in [-0.25, -0.2) is 9.59 Å². The van der Waals surface area contributed by atoms with Crippen LogP contribution in [0, 0.1) is 11.8 Å². The number of nitrogens with one attached hydrogen (secondary N) is 2. The molecule has 0 spiro atoms.